The molecule has 0 aliphatic rings. The number of aryl methyl sites for hydroxylation is 1. The molecule has 1 atom stereocenters. The number of aromatic nitrogens is 2. The van der Waals surface area contributed by atoms with Gasteiger partial charge in [-0.25, -0.2) is 9.97 Å². The highest BCUT2D eigenvalue weighted by atomic mass is 15.2. The van der Waals surface area contributed by atoms with Gasteiger partial charge in [-0.3, -0.25) is 0 Å². The molecule has 0 aromatic carbocycles. The summed E-state index contributed by atoms with van der Waals surface area (Å²) in [6.07, 6.45) is 1.17. The highest BCUT2D eigenvalue weighted by molar-refractivity contribution is 5.31. The highest BCUT2D eigenvalue weighted by Gasteiger charge is 2.09. The fourth-order valence-corrected chi connectivity index (χ4v) is 1.57. The molecule has 16 heavy (non-hydrogen) atoms. The maximum Gasteiger partial charge on any atom is 0.225 e. The molecule has 4 heteroatoms. The molecule has 1 aromatic rings. The molecule has 1 heterocycles. The van der Waals surface area contributed by atoms with E-state index < -0.39 is 0 Å². The molecule has 90 valence electrons. The van der Waals surface area contributed by atoms with Gasteiger partial charge in [-0.1, -0.05) is 20.3 Å². The van der Waals surface area contributed by atoms with Crippen LogP contribution < -0.4 is 10.6 Å². The van der Waals surface area contributed by atoms with E-state index >= 15 is 0 Å². The van der Waals surface area contributed by atoms with Gasteiger partial charge in [0.1, 0.15) is 0 Å². The lowest BCUT2D eigenvalue weighted by Crippen LogP contribution is -2.26. The van der Waals surface area contributed by atoms with Crippen LogP contribution >= 0.6 is 0 Å². The molecule has 0 spiro atoms. The van der Waals surface area contributed by atoms with E-state index in [0.29, 0.717) is 12.5 Å². The van der Waals surface area contributed by atoms with Gasteiger partial charge in [0.25, 0.3) is 0 Å². The molecule has 0 aliphatic carbocycles. The first-order valence-corrected chi connectivity index (χ1v) is 5.82. The van der Waals surface area contributed by atoms with Gasteiger partial charge in [-0.15, -0.1) is 0 Å². The van der Waals surface area contributed by atoms with Crippen molar-refractivity contribution >= 4 is 5.95 Å². The maximum absolute atomic E-state index is 5.61. The highest BCUT2D eigenvalue weighted by Crippen LogP contribution is 2.11. The van der Waals surface area contributed by atoms with E-state index in [-0.39, 0.29) is 0 Å². The zero-order valence-electron chi connectivity index (χ0n) is 10.7. The van der Waals surface area contributed by atoms with E-state index in [1.54, 1.807) is 0 Å². The Kier molecular flexibility index (Phi) is 4.68. The molecular formula is C12H22N4. The van der Waals surface area contributed by atoms with Crippen molar-refractivity contribution in [3.05, 3.63) is 17.5 Å². The number of nitrogens with two attached hydrogens (primary N) is 1. The second-order valence-electron chi connectivity index (χ2n) is 4.40. The topological polar surface area (TPSA) is 55.0 Å². The van der Waals surface area contributed by atoms with Crippen molar-refractivity contribution in [1.82, 2.24) is 9.97 Å². The number of rotatable bonds is 5. The third kappa shape index (κ3) is 3.45. The van der Waals surface area contributed by atoms with Crippen molar-refractivity contribution < 1.29 is 0 Å². The third-order valence-electron chi connectivity index (χ3n) is 2.73. The second kappa shape index (κ2) is 5.80. The molecule has 0 saturated carbocycles. The molecule has 2 N–H and O–H groups in total. The Hall–Kier alpha value is -1.16. The normalized spacial score (nSPS) is 12.6. The standard InChI is InChI=1S/C12H22N4/c1-5-9(2)8-16(4)12-14-10(3)6-11(7-13)15-12/h6,9H,5,7-8,13H2,1-4H3. The van der Waals surface area contributed by atoms with Gasteiger partial charge < -0.3 is 10.6 Å². The van der Waals surface area contributed by atoms with Crippen molar-refractivity contribution in [3.8, 4) is 0 Å². The van der Waals surface area contributed by atoms with Crippen molar-refractivity contribution in [2.24, 2.45) is 11.7 Å². The van der Waals surface area contributed by atoms with Gasteiger partial charge in [0.2, 0.25) is 5.95 Å². The Morgan fingerprint density at radius 1 is 1.44 bits per heavy atom. The molecule has 1 aromatic heterocycles. The number of anilines is 1. The van der Waals surface area contributed by atoms with Crippen LogP contribution in [0.3, 0.4) is 0 Å². The van der Waals surface area contributed by atoms with E-state index in [4.69, 9.17) is 5.73 Å². The minimum Gasteiger partial charge on any atom is -0.344 e. The zero-order chi connectivity index (χ0) is 12.1. The summed E-state index contributed by atoms with van der Waals surface area (Å²) in [6.45, 7) is 7.84. The summed E-state index contributed by atoms with van der Waals surface area (Å²) >= 11 is 0. The van der Waals surface area contributed by atoms with Crippen LogP contribution in [0, 0.1) is 12.8 Å². The Bertz CT molecular complexity index is 338. The van der Waals surface area contributed by atoms with Crippen molar-refractivity contribution in [2.45, 2.75) is 33.7 Å². The summed E-state index contributed by atoms with van der Waals surface area (Å²) in [4.78, 5) is 11.0. The van der Waals surface area contributed by atoms with E-state index in [0.717, 1.165) is 23.9 Å². The van der Waals surface area contributed by atoms with Crippen LogP contribution in [0.5, 0.6) is 0 Å². The molecule has 0 aliphatic heterocycles. The first-order chi connectivity index (χ1) is 7.56. The van der Waals surface area contributed by atoms with Gasteiger partial charge in [0, 0.05) is 25.8 Å². The van der Waals surface area contributed by atoms with Gasteiger partial charge in [0.05, 0.1) is 5.69 Å². The summed E-state index contributed by atoms with van der Waals surface area (Å²) < 4.78 is 0. The molecule has 0 bridgehead atoms. The van der Waals surface area contributed by atoms with Crippen LogP contribution in [0.4, 0.5) is 5.95 Å². The minimum atomic E-state index is 0.466. The summed E-state index contributed by atoms with van der Waals surface area (Å²) in [6, 6.07) is 1.93. The van der Waals surface area contributed by atoms with Crippen LogP contribution in [0.15, 0.2) is 6.07 Å². The van der Waals surface area contributed by atoms with Crippen LogP contribution in [0.25, 0.3) is 0 Å². The summed E-state index contributed by atoms with van der Waals surface area (Å²) in [5.74, 6) is 1.43. The summed E-state index contributed by atoms with van der Waals surface area (Å²) in [7, 11) is 2.03. The van der Waals surface area contributed by atoms with E-state index in [2.05, 4.69) is 28.7 Å². The molecule has 4 nitrogen and oxygen atoms in total. The van der Waals surface area contributed by atoms with E-state index in [1.807, 2.05) is 20.0 Å². The monoisotopic (exact) mass is 222 g/mol. The Labute approximate surface area is 97.9 Å². The predicted molar refractivity (Wildman–Crippen MR) is 67.4 cm³/mol. The predicted octanol–water partition coefficient (Wildman–Crippen LogP) is 1.73. The minimum absolute atomic E-state index is 0.466. The fourth-order valence-electron chi connectivity index (χ4n) is 1.57. The molecule has 0 amide bonds. The lowest BCUT2D eigenvalue weighted by atomic mass is 10.1. The number of hydrogen-bond acceptors (Lipinski definition) is 4. The summed E-state index contributed by atoms with van der Waals surface area (Å²) in [5, 5.41) is 0. The van der Waals surface area contributed by atoms with E-state index in [1.165, 1.54) is 6.42 Å². The molecule has 1 rings (SSSR count). The van der Waals surface area contributed by atoms with Crippen LogP contribution in [0.1, 0.15) is 31.7 Å². The lowest BCUT2D eigenvalue weighted by Gasteiger charge is -2.21. The van der Waals surface area contributed by atoms with Gasteiger partial charge >= 0.3 is 0 Å². The Morgan fingerprint density at radius 3 is 2.69 bits per heavy atom. The smallest absolute Gasteiger partial charge is 0.225 e. The van der Waals surface area contributed by atoms with E-state index in [9.17, 15) is 0 Å². The van der Waals surface area contributed by atoms with Crippen molar-refractivity contribution in [1.29, 1.82) is 0 Å². The SMILES string of the molecule is CCC(C)CN(C)c1nc(C)cc(CN)n1. The third-order valence-corrected chi connectivity index (χ3v) is 2.73. The molecule has 0 saturated heterocycles. The van der Waals surface area contributed by atoms with Crippen LogP contribution in [0.2, 0.25) is 0 Å². The molecule has 1 unspecified atom stereocenters. The van der Waals surface area contributed by atoms with Gasteiger partial charge in [-0.2, -0.15) is 0 Å². The lowest BCUT2D eigenvalue weighted by molar-refractivity contribution is 0.554. The molecule has 0 fully saturated rings. The molecule has 0 radical (unpaired) electrons. The maximum atomic E-state index is 5.61. The van der Waals surface area contributed by atoms with Crippen LogP contribution in [-0.4, -0.2) is 23.6 Å². The van der Waals surface area contributed by atoms with Crippen molar-refractivity contribution in [2.75, 3.05) is 18.5 Å². The largest absolute Gasteiger partial charge is 0.344 e. The Balaban J connectivity index is 2.82. The first kappa shape index (κ1) is 12.9. The second-order valence-corrected chi connectivity index (χ2v) is 4.40. The average Bonchev–Trinajstić information content (AvgIpc) is 2.27. The summed E-state index contributed by atoms with van der Waals surface area (Å²) in [5.41, 5.74) is 7.48. The number of hydrogen-bond donors (Lipinski definition) is 1. The quantitative estimate of drug-likeness (QED) is 0.824. The zero-order valence-corrected chi connectivity index (χ0v) is 10.7. The van der Waals surface area contributed by atoms with Crippen molar-refractivity contribution in [3.63, 3.8) is 0 Å². The van der Waals surface area contributed by atoms with Gasteiger partial charge in [0.15, 0.2) is 0 Å². The van der Waals surface area contributed by atoms with Gasteiger partial charge in [-0.05, 0) is 18.9 Å². The first-order valence-electron chi connectivity index (χ1n) is 5.82. The van der Waals surface area contributed by atoms with Crippen LogP contribution in [-0.2, 0) is 6.54 Å². The Morgan fingerprint density at radius 2 is 2.12 bits per heavy atom. The number of nitrogens with zero attached hydrogens (tertiary/aromatic N) is 3. The fraction of sp³-hybridized carbons (Fsp3) is 0.667. The average molecular weight is 222 g/mol. The molecular weight excluding hydrogens is 200 g/mol.